The average Bonchev–Trinajstić information content (AvgIpc) is 2.60. The van der Waals surface area contributed by atoms with Crippen LogP contribution in [0.15, 0.2) is 66.7 Å². The lowest BCUT2D eigenvalue weighted by Gasteiger charge is -2.18. The van der Waals surface area contributed by atoms with Crippen LogP contribution in [-0.4, -0.2) is 13.7 Å². The molecular weight excluding hydrogens is 270 g/mol. The van der Waals surface area contributed by atoms with Gasteiger partial charge in [0, 0.05) is 5.92 Å². The van der Waals surface area contributed by atoms with E-state index in [9.17, 15) is 0 Å². The molecule has 3 aromatic carbocycles. The van der Waals surface area contributed by atoms with Crippen LogP contribution in [0.1, 0.15) is 17.0 Å². The summed E-state index contributed by atoms with van der Waals surface area (Å²) in [6.45, 7) is 0.639. The molecule has 0 bridgehead atoms. The van der Waals surface area contributed by atoms with Gasteiger partial charge in [-0.1, -0.05) is 54.6 Å². The van der Waals surface area contributed by atoms with E-state index in [1.54, 1.807) is 7.11 Å². The predicted octanol–water partition coefficient (Wildman–Crippen LogP) is 4.13. The van der Waals surface area contributed by atoms with Gasteiger partial charge >= 0.3 is 0 Å². The Morgan fingerprint density at radius 2 is 1.64 bits per heavy atom. The maximum atomic E-state index is 6.08. The third-order valence-electron chi connectivity index (χ3n) is 4.19. The Balaban J connectivity index is 1.92. The van der Waals surface area contributed by atoms with Crippen LogP contribution in [-0.2, 0) is 6.42 Å². The molecule has 2 N–H and O–H groups in total. The summed E-state index contributed by atoms with van der Waals surface area (Å²) in [6, 6.07) is 23.2. The highest BCUT2D eigenvalue weighted by molar-refractivity contribution is 5.86. The van der Waals surface area contributed by atoms with E-state index < -0.39 is 0 Å². The normalized spacial score (nSPS) is 12.3. The Labute approximate surface area is 131 Å². The third-order valence-corrected chi connectivity index (χ3v) is 4.19. The van der Waals surface area contributed by atoms with Gasteiger partial charge < -0.3 is 10.5 Å². The van der Waals surface area contributed by atoms with Crippen LogP contribution in [0, 0.1) is 0 Å². The molecular formula is C20H21NO. The fourth-order valence-electron chi connectivity index (χ4n) is 2.97. The number of hydrogen-bond donors (Lipinski definition) is 1. The molecule has 0 heterocycles. The highest BCUT2D eigenvalue weighted by Gasteiger charge is 2.13. The van der Waals surface area contributed by atoms with Crippen molar-refractivity contribution in [1.29, 1.82) is 0 Å². The molecule has 22 heavy (non-hydrogen) atoms. The Bertz CT molecular complexity index is 744. The van der Waals surface area contributed by atoms with Crippen LogP contribution in [0.5, 0.6) is 5.75 Å². The van der Waals surface area contributed by atoms with E-state index in [0.29, 0.717) is 12.5 Å². The van der Waals surface area contributed by atoms with Crippen molar-refractivity contribution in [2.45, 2.75) is 12.3 Å². The molecule has 0 saturated carbocycles. The number of rotatable bonds is 5. The van der Waals surface area contributed by atoms with Crippen LogP contribution in [0.25, 0.3) is 10.8 Å². The largest absolute Gasteiger partial charge is 0.497 e. The van der Waals surface area contributed by atoms with E-state index in [4.69, 9.17) is 10.5 Å². The second-order valence-corrected chi connectivity index (χ2v) is 5.55. The van der Waals surface area contributed by atoms with Crippen LogP contribution < -0.4 is 10.5 Å². The molecule has 1 unspecified atom stereocenters. The zero-order chi connectivity index (χ0) is 15.4. The standard InChI is InChI=1S/C20H21NO/c1-22-18-11-9-15(10-12-18)13-17(14-21)20-8-4-6-16-5-2-3-7-19(16)20/h2-12,17H,13-14,21H2,1H3. The number of nitrogens with two attached hydrogens (primary N) is 1. The summed E-state index contributed by atoms with van der Waals surface area (Å²) in [5.41, 5.74) is 8.69. The summed E-state index contributed by atoms with van der Waals surface area (Å²) < 4.78 is 5.22. The molecule has 0 amide bonds. The maximum Gasteiger partial charge on any atom is 0.118 e. The van der Waals surface area contributed by atoms with Gasteiger partial charge in [0.2, 0.25) is 0 Å². The summed E-state index contributed by atoms with van der Waals surface area (Å²) in [5, 5.41) is 2.57. The second-order valence-electron chi connectivity index (χ2n) is 5.55. The first-order valence-electron chi connectivity index (χ1n) is 7.62. The minimum absolute atomic E-state index is 0.319. The molecule has 0 spiro atoms. The van der Waals surface area contributed by atoms with Crippen molar-refractivity contribution in [3.8, 4) is 5.75 Å². The molecule has 3 aromatic rings. The Kier molecular flexibility index (Phi) is 4.40. The number of benzene rings is 3. The van der Waals surface area contributed by atoms with Crippen molar-refractivity contribution in [1.82, 2.24) is 0 Å². The highest BCUT2D eigenvalue weighted by atomic mass is 16.5. The molecule has 0 saturated heterocycles. The van der Waals surface area contributed by atoms with E-state index in [-0.39, 0.29) is 0 Å². The van der Waals surface area contributed by atoms with E-state index >= 15 is 0 Å². The smallest absolute Gasteiger partial charge is 0.118 e. The maximum absolute atomic E-state index is 6.08. The van der Waals surface area contributed by atoms with Crippen molar-refractivity contribution < 1.29 is 4.74 Å². The van der Waals surface area contributed by atoms with Gasteiger partial charge in [-0.25, -0.2) is 0 Å². The fraction of sp³-hybridized carbons (Fsp3) is 0.200. The molecule has 0 aliphatic heterocycles. The molecule has 0 fully saturated rings. The minimum Gasteiger partial charge on any atom is -0.497 e. The molecule has 112 valence electrons. The first-order valence-corrected chi connectivity index (χ1v) is 7.62. The lowest BCUT2D eigenvalue weighted by Crippen LogP contribution is -2.15. The zero-order valence-electron chi connectivity index (χ0n) is 12.8. The molecule has 0 aliphatic rings. The first kappa shape index (κ1) is 14.6. The third kappa shape index (κ3) is 2.97. The van der Waals surface area contributed by atoms with Crippen molar-refractivity contribution in [2.24, 2.45) is 5.73 Å². The predicted molar refractivity (Wildman–Crippen MR) is 92.4 cm³/mol. The van der Waals surface area contributed by atoms with Crippen molar-refractivity contribution in [3.05, 3.63) is 77.9 Å². The van der Waals surface area contributed by atoms with Gasteiger partial charge in [0.15, 0.2) is 0 Å². The van der Waals surface area contributed by atoms with Crippen LogP contribution >= 0.6 is 0 Å². The number of ether oxygens (including phenoxy) is 1. The summed E-state index contributed by atoms with van der Waals surface area (Å²) in [7, 11) is 1.69. The summed E-state index contributed by atoms with van der Waals surface area (Å²) >= 11 is 0. The molecule has 1 atom stereocenters. The highest BCUT2D eigenvalue weighted by Crippen LogP contribution is 2.28. The summed E-state index contributed by atoms with van der Waals surface area (Å²) in [4.78, 5) is 0. The Morgan fingerprint density at radius 1 is 0.909 bits per heavy atom. The van der Waals surface area contributed by atoms with Crippen LogP contribution in [0.2, 0.25) is 0 Å². The van der Waals surface area contributed by atoms with E-state index in [1.165, 1.54) is 21.9 Å². The molecule has 2 heteroatoms. The first-order chi connectivity index (χ1) is 10.8. The van der Waals surface area contributed by atoms with E-state index in [1.807, 2.05) is 12.1 Å². The average molecular weight is 291 g/mol. The van der Waals surface area contributed by atoms with E-state index in [2.05, 4.69) is 54.6 Å². The van der Waals surface area contributed by atoms with Gasteiger partial charge in [0.1, 0.15) is 5.75 Å². The summed E-state index contributed by atoms with van der Waals surface area (Å²) in [6.07, 6.45) is 0.939. The fourth-order valence-corrected chi connectivity index (χ4v) is 2.97. The molecule has 0 aromatic heterocycles. The molecule has 0 aliphatic carbocycles. The molecule has 3 rings (SSSR count). The number of hydrogen-bond acceptors (Lipinski definition) is 2. The van der Waals surface area contributed by atoms with Crippen molar-refractivity contribution in [3.63, 3.8) is 0 Å². The quantitative estimate of drug-likeness (QED) is 0.767. The number of methoxy groups -OCH3 is 1. The monoisotopic (exact) mass is 291 g/mol. The van der Waals surface area contributed by atoms with Gasteiger partial charge in [-0.2, -0.15) is 0 Å². The molecule has 0 radical (unpaired) electrons. The van der Waals surface area contributed by atoms with Crippen LogP contribution in [0.4, 0.5) is 0 Å². The SMILES string of the molecule is COc1ccc(CC(CN)c2cccc3ccccc23)cc1. The molecule has 2 nitrogen and oxygen atoms in total. The second kappa shape index (κ2) is 6.63. The summed E-state index contributed by atoms with van der Waals surface area (Å²) in [5.74, 6) is 1.21. The Hall–Kier alpha value is -2.32. The lowest BCUT2D eigenvalue weighted by molar-refractivity contribution is 0.414. The lowest BCUT2D eigenvalue weighted by atomic mass is 9.88. The Morgan fingerprint density at radius 3 is 2.36 bits per heavy atom. The van der Waals surface area contributed by atoms with Crippen LogP contribution in [0.3, 0.4) is 0 Å². The van der Waals surface area contributed by atoms with Crippen molar-refractivity contribution in [2.75, 3.05) is 13.7 Å². The van der Waals surface area contributed by atoms with E-state index in [0.717, 1.165) is 12.2 Å². The van der Waals surface area contributed by atoms with Crippen molar-refractivity contribution >= 4 is 10.8 Å². The van der Waals surface area contributed by atoms with Gasteiger partial charge in [0.25, 0.3) is 0 Å². The minimum atomic E-state index is 0.319. The zero-order valence-corrected chi connectivity index (χ0v) is 12.8. The number of fused-ring (bicyclic) bond motifs is 1. The van der Waals surface area contributed by atoms with Gasteiger partial charge in [-0.15, -0.1) is 0 Å². The van der Waals surface area contributed by atoms with Gasteiger partial charge in [-0.05, 0) is 47.0 Å². The topological polar surface area (TPSA) is 35.2 Å². The van der Waals surface area contributed by atoms with Gasteiger partial charge in [-0.3, -0.25) is 0 Å². The van der Waals surface area contributed by atoms with Gasteiger partial charge in [0.05, 0.1) is 7.11 Å².